The number of hydrogen-bond acceptors (Lipinski definition) is 4. The van der Waals surface area contributed by atoms with Gasteiger partial charge in [0.25, 0.3) is 0 Å². The number of hydrogen-bond donors (Lipinski definition) is 3. The zero-order chi connectivity index (χ0) is 11.8. The van der Waals surface area contributed by atoms with Crippen LogP contribution in [0.15, 0.2) is 39.7 Å². The van der Waals surface area contributed by atoms with Crippen molar-refractivity contribution < 1.29 is 9.52 Å². The minimum atomic E-state index is -0.817. The van der Waals surface area contributed by atoms with E-state index in [1.165, 1.54) is 0 Å². The van der Waals surface area contributed by atoms with Gasteiger partial charge in [0, 0.05) is 6.20 Å². The Morgan fingerprint density at radius 3 is 3.00 bits per heavy atom. The second kappa shape index (κ2) is 3.60. The van der Waals surface area contributed by atoms with Gasteiger partial charge in [-0.15, -0.1) is 0 Å². The van der Waals surface area contributed by atoms with E-state index in [4.69, 9.17) is 4.42 Å². The van der Waals surface area contributed by atoms with Crippen LogP contribution in [0.3, 0.4) is 0 Å². The summed E-state index contributed by atoms with van der Waals surface area (Å²) in [6.45, 7) is 0. The predicted octanol–water partition coefficient (Wildman–Crippen LogP) is 0.926. The fourth-order valence-electron chi connectivity index (χ4n) is 1.73. The number of aromatic nitrogens is 3. The molecular formula is C11H9N3O3. The summed E-state index contributed by atoms with van der Waals surface area (Å²) in [7, 11) is 0. The highest BCUT2D eigenvalue weighted by Crippen LogP contribution is 2.22. The molecule has 0 bridgehead atoms. The fourth-order valence-corrected chi connectivity index (χ4v) is 1.73. The molecule has 3 rings (SSSR count). The number of oxazole rings is 1. The third-order valence-corrected chi connectivity index (χ3v) is 2.58. The lowest BCUT2D eigenvalue weighted by Crippen LogP contribution is -1.99. The monoisotopic (exact) mass is 231 g/mol. The van der Waals surface area contributed by atoms with Crippen molar-refractivity contribution in [2.45, 2.75) is 6.10 Å². The molecule has 0 saturated carbocycles. The summed E-state index contributed by atoms with van der Waals surface area (Å²) in [5.74, 6) is -0.506. The van der Waals surface area contributed by atoms with Gasteiger partial charge in [0.05, 0.1) is 11.2 Å². The number of fused-ring (bicyclic) bond motifs is 1. The topological polar surface area (TPSA) is 94.9 Å². The Hall–Kier alpha value is -2.34. The number of nitrogens with zero attached hydrogens (tertiary/aromatic N) is 1. The molecular weight excluding hydrogens is 222 g/mol. The molecule has 1 unspecified atom stereocenters. The lowest BCUT2D eigenvalue weighted by Gasteiger charge is -2.07. The van der Waals surface area contributed by atoms with Crippen LogP contribution >= 0.6 is 0 Å². The number of benzene rings is 1. The van der Waals surface area contributed by atoms with Crippen molar-refractivity contribution in [3.8, 4) is 0 Å². The molecule has 1 aromatic carbocycles. The van der Waals surface area contributed by atoms with Gasteiger partial charge >= 0.3 is 5.76 Å². The first kappa shape index (κ1) is 9.86. The number of nitrogens with one attached hydrogen (secondary N) is 2. The molecule has 0 aliphatic heterocycles. The van der Waals surface area contributed by atoms with E-state index in [2.05, 4.69) is 15.2 Å². The molecule has 6 nitrogen and oxygen atoms in total. The quantitative estimate of drug-likeness (QED) is 0.611. The summed E-state index contributed by atoms with van der Waals surface area (Å²) in [5, 5.41) is 16.5. The molecule has 0 fully saturated rings. The van der Waals surface area contributed by atoms with Crippen molar-refractivity contribution in [1.82, 2.24) is 15.2 Å². The van der Waals surface area contributed by atoms with E-state index in [1.807, 2.05) is 0 Å². The second-order valence-corrected chi connectivity index (χ2v) is 3.68. The van der Waals surface area contributed by atoms with Crippen LogP contribution in [0.25, 0.3) is 11.1 Å². The average molecular weight is 231 g/mol. The molecule has 0 saturated heterocycles. The average Bonchev–Trinajstić information content (AvgIpc) is 2.94. The molecule has 86 valence electrons. The standard InChI is InChI=1S/C11H9N3O3/c15-10(8-3-4-12-14-8)6-1-2-7-9(5-6)17-11(16)13-7/h1-5,10,15H,(H,12,14)(H,13,16). The highest BCUT2D eigenvalue weighted by molar-refractivity contribution is 5.73. The molecule has 2 heterocycles. The third-order valence-electron chi connectivity index (χ3n) is 2.58. The van der Waals surface area contributed by atoms with Crippen molar-refractivity contribution in [2.75, 3.05) is 0 Å². The summed E-state index contributed by atoms with van der Waals surface area (Å²) >= 11 is 0. The van der Waals surface area contributed by atoms with E-state index >= 15 is 0 Å². The van der Waals surface area contributed by atoms with Gasteiger partial charge in [-0.3, -0.25) is 10.1 Å². The summed E-state index contributed by atoms with van der Waals surface area (Å²) in [4.78, 5) is 13.5. The Labute approximate surface area is 94.9 Å². The molecule has 0 aliphatic carbocycles. The van der Waals surface area contributed by atoms with Crippen LogP contribution in [0, 0.1) is 0 Å². The van der Waals surface area contributed by atoms with Gasteiger partial charge in [-0.2, -0.15) is 5.10 Å². The van der Waals surface area contributed by atoms with Gasteiger partial charge in [-0.25, -0.2) is 4.79 Å². The maximum absolute atomic E-state index is 11.0. The molecule has 0 aliphatic rings. The van der Waals surface area contributed by atoms with Crippen molar-refractivity contribution in [1.29, 1.82) is 0 Å². The largest absolute Gasteiger partial charge is 0.417 e. The predicted molar refractivity (Wildman–Crippen MR) is 59.5 cm³/mol. The van der Waals surface area contributed by atoms with Crippen LogP contribution in [-0.2, 0) is 0 Å². The van der Waals surface area contributed by atoms with Crippen molar-refractivity contribution in [3.05, 3.63) is 52.3 Å². The molecule has 6 heteroatoms. The van der Waals surface area contributed by atoms with Gasteiger partial charge in [0.1, 0.15) is 6.10 Å². The molecule has 3 N–H and O–H groups in total. The lowest BCUT2D eigenvalue weighted by atomic mass is 10.1. The van der Waals surface area contributed by atoms with Crippen LogP contribution < -0.4 is 5.76 Å². The minimum Gasteiger partial charge on any atom is -0.408 e. The highest BCUT2D eigenvalue weighted by Gasteiger charge is 2.13. The third kappa shape index (κ3) is 1.64. The Balaban J connectivity index is 2.08. The van der Waals surface area contributed by atoms with E-state index < -0.39 is 11.9 Å². The Morgan fingerprint density at radius 2 is 2.24 bits per heavy atom. The summed E-state index contributed by atoms with van der Waals surface area (Å²) in [5.41, 5.74) is 2.24. The van der Waals surface area contributed by atoms with Gasteiger partial charge in [0.15, 0.2) is 5.58 Å². The highest BCUT2D eigenvalue weighted by atomic mass is 16.4. The zero-order valence-corrected chi connectivity index (χ0v) is 8.68. The smallest absolute Gasteiger partial charge is 0.408 e. The Morgan fingerprint density at radius 1 is 1.35 bits per heavy atom. The molecule has 17 heavy (non-hydrogen) atoms. The van der Waals surface area contributed by atoms with E-state index in [0.29, 0.717) is 22.4 Å². The van der Waals surface area contributed by atoms with E-state index in [1.54, 1.807) is 30.5 Å². The summed E-state index contributed by atoms with van der Waals surface area (Å²) in [6, 6.07) is 6.72. The van der Waals surface area contributed by atoms with Crippen molar-refractivity contribution >= 4 is 11.1 Å². The first-order chi connectivity index (χ1) is 8.24. The van der Waals surface area contributed by atoms with Crippen LogP contribution in [-0.4, -0.2) is 20.3 Å². The minimum absolute atomic E-state index is 0.422. The number of aromatic amines is 2. The van der Waals surface area contributed by atoms with Gasteiger partial charge in [-0.05, 0) is 23.8 Å². The number of aliphatic hydroxyl groups excluding tert-OH is 1. The Bertz CT molecular complexity index is 696. The maximum Gasteiger partial charge on any atom is 0.417 e. The van der Waals surface area contributed by atoms with Gasteiger partial charge < -0.3 is 9.52 Å². The molecule has 0 radical (unpaired) electrons. The van der Waals surface area contributed by atoms with Crippen LogP contribution in [0.2, 0.25) is 0 Å². The number of aliphatic hydroxyl groups is 1. The summed E-state index contributed by atoms with van der Waals surface area (Å²) < 4.78 is 4.93. The van der Waals surface area contributed by atoms with Crippen molar-refractivity contribution in [3.63, 3.8) is 0 Å². The molecule has 1 atom stereocenters. The van der Waals surface area contributed by atoms with Gasteiger partial charge in [0.2, 0.25) is 0 Å². The van der Waals surface area contributed by atoms with Crippen LogP contribution in [0.1, 0.15) is 17.4 Å². The van der Waals surface area contributed by atoms with E-state index in [9.17, 15) is 9.90 Å². The molecule has 3 aromatic rings. The molecule has 0 spiro atoms. The normalized spacial score (nSPS) is 13.0. The van der Waals surface area contributed by atoms with Crippen molar-refractivity contribution in [2.24, 2.45) is 0 Å². The molecule has 0 amide bonds. The number of rotatable bonds is 2. The number of H-pyrrole nitrogens is 2. The van der Waals surface area contributed by atoms with Crippen LogP contribution in [0.4, 0.5) is 0 Å². The zero-order valence-electron chi connectivity index (χ0n) is 8.68. The second-order valence-electron chi connectivity index (χ2n) is 3.68. The van der Waals surface area contributed by atoms with E-state index in [-0.39, 0.29) is 0 Å². The SMILES string of the molecule is O=c1[nH]c2ccc(C(O)c3ccn[nH]3)cc2o1. The lowest BCUT2D eigenvalue weighted by molar-refractivity contribution is 0.215. The molecule has 2 aromatic heterocycles. The first-order valence-corrected chi connectivity index (χ1v) is 5.04. The summed E-state index contributed by atoms with van der Waals surface area (Å²) in [6.07, 6.45) is 0.745. The maximum atomic E-state index is 11.0. The van der Waals surface area contributed by atoms with Crippen LogP contribution in [0.5, 0.6) is 0 Å². The first-order valence-electron chi connectivity index (χ1n) is 5.04. The van der Waals surface area contributed by atoms with Gasteiger partial charge in [-0.1, -0.05) is 6.07 Å². The van der Waals surface area contributed by atoms with E-state index in [0.717, 1.165) is 0 Å². The fraction of sp³-hybridized carbons (Fsp3) is 0.0909. The Kier molecular flexibility index (Phi) is 2.09.